The van der Waals surface area contributed by atoms with E-state index < -0.39 is 0 Å². The first-order valence-electron chi connectivity index (χ1n) is 7.62. The van der Waals surface area contributed by atoms with Gasteiger partial charge in [-0.2, -0.15) is 0 Å². The molecule has 2 heterocycles. The van der Waals surface area contributed by atoms with Crippen LogP contribution in [0.1, 0.15) is 24.9 Å². The third-order valence-corrected chi connectivity index (χ3v) is 5.22. The normalized spacial score (nSPS) is 12.3. The fourth-order valence-electron chi connectivity index (χ4n) is 2.52. The smallest absolute Gasteiger partial charge is 0.262 e. The molecule has 0 saturated carbocycles. The maximum atomic E-state index is 12.3. The van der Waals surface area contributed by atoms with E-state index in [1.165, 1.54) is 22.2 Å². The number of nitrogens with one attached hydrogen (secondary N) is 1. The number of carbonyl (C=O) groups is 1. The van der Waals surface area contributed by atoms with Gasteiger partial charge in [0.05, 0.1) is 17.8 Å². The van der Waals surface area contributed by atoms with E-state index in [2.05, 4.69) is 10.3 Å². The molecule has 8 heteroatoms. The van der Waals surface area contributed by atoms with E-state index in [1.807, 2.05) is 12.3 Å². The number of hydrogen-bond acceptors (Lipinski definition) is 4. The number of rotatable bonds is 5. The molecular weight excluding hydrogens is 381 g/mol. The zero-order chi connectivity index (χ0) is 18.0. The van der Waals surface area contributed by atoms with Crippen molar-refractivity contribution < 1.29 is 4.79 Å². The summed E-state index contributed by atoms with van der Waals surface area (Å²) in [4.78, 5) is 29.4. The fraction of sp³-hybridized carbons (Fsp3) is 0.235. The molecule has 0 bridgehead atoms. The number of fused-ring (bicyclic) bond motifs is 1. The third kappa shape index (κ3) is 4.03. The predicted molar refractivity (Wildman–Crippen MR) is 102 cm³/mol. The quantitative estimate of drug-likeness (QED) is 0.708. The predicted octanol–water partition coefficient (Wildman–Crippen LogP) is 4.03. The molecule has 1 N–H and O–H groups in total. The molecule has 1 amide bonds. The highest BCUT2D eigenvalue weighted by Crippen LogP contribution is 2.26. The molecule has 0 aliphatic heterocycles. The Morgan fingerprint density at radius 2 is 2.16 bits per heavy atom. The summed E-state index contributed by atoms with van der Waals surface area (Å²) in [7, 11) is 0. The largest absolute Gasteiger partial charge is 0.349 e. The molecule has 1 atom stereocenters. The summed E-state index contributed by atoms with van der Waals surface area (Å²) >= 11 is 13.5. The Morgan fingerprint density at radius 3 is 2.92 bits per heavy atom. The van der Waals surface area contributed by atoms with Crippen molar-refractivity contribution in [2.24, 2.45) is 0 Å². The maximum absolute atomic E-state index is 12.3. The molecule has 0 fully saturated rings. The van der Waals surface area contributed by atoms with Crippen LogP contribution in [0.3, 0.4) is 0 Å². The molecule has 1 aromatic carbocycles. The fourth-order valence-corrected chi connectivity index (χ4v) is 3.81. The Bertz CT molecular complexity index is 983. The van der Waals surface area contributed by atoms with Crippen molar-refractivity contribution in [2.75, 3.05) is 0 Å². The third-order valence-electron chi connectivity index (χ3n) is 3.84. The lowest BCUT2D eigenvalue weighted by Gasteiger charge is -2.16. The standard InChI is InChI=1S/C17H15Cl2N3O2S/c1-10(12-3-2-11(18)8-14(12)19)21-15(23)4-6-22-9-20-16-13(17(22)24)5-7-25-16/h2-3,5,7-10H,4,6H2,1H3,(H,21,23)/t10-/m0/s1. The number of aryl methyl sites for hydroxylation is 1. The number of thiophene rings is 1. The zero-order valence-electron chi connectivity index (χ0n) is 13.3. The molecule has 0 radical (unpaired) electrons. The Balaban J connectivity index is 1.64. The van der Waals surface area contributed by atoms with E-state index in [4.69, 9.17) is 23.2 Å². The minimum Gasteiger partial charge on any atom is -0.349 e. The minimum atomic E-state index is -0.258. The molecule has 3 rings (SSSR count). The van der Waals surface area contributed by atoms with Crippen molar-refractivity contribution in [3.8, 4) is 0 Å². The first-order valence-corrected chi connectivity index (χ1v) is 9.26. The van der Waals surface area contributed by atoms with Gasteiger partial charge >= 0.3 is 0 Å². The van der Waals surface area contributed by atoms with Gasteiger partial charge < -0.3 is 5.32 Å². The van der Waals surface area contributed by atoms with Gasteiger partial charge in [-0.1, -0.05) is 29.3 Å². The van der Waals surface area contributed by atoms with Crippen LogP contribution in [0.5, 0.6) is 0 Å². The lowest BCUT2D eigenvalue weighted by atomic mass is 10.1. The van der Waals surface area contributed by atoms with Gasteiger partial charge in [0, 0.05) is 23.0 Å². The van der Waals surface area contributed by atoms with Gasteiger partial charge in [-0.25, -0.2) is 4.98 Å². The first kappa shape index (κ1) is 17.9. The molecule has 0 aliphatic carbocycles. The van der Waals surface area contributed by atoms with E-state index in [-0.39, 0.29) is 30.5 Å². The molecule has 25 heavy (non-hydrogen) atoms. The highest BCUT2D eigenvalue weighted by atomic mass is 35.5. The zero-order valence-corrected chi connectivity index (χ0v) is 15.7. The van der Waals surface area contributed by atoms with Crippen molar-refractivity contribution >= 4 is 50.7 Å². The average Bonchev–Trinajstić information content (AvgIpc) is 3.03. The van der Waals surface area contributed by atoms with Crippen molar-refractivity contribution in [3.05, 3.63) is 61.9 Å². The summed E-state index contributed by atoms with van der Waals surface area (Å²) < 4.78 is 1.45. The molecule has 0 aliphatic rings. The second kappa shape index (κ2) is 7.56. The molecule has 3 aromatic rings. The lowest BCUT2D eigenvalue weighted by Crippen LogP contribution is -2.29. The van der Waals surface area contributed by atoms with Gasteiger partial charge in [-0.05, 0) is 36.1 Å². The maximum Gasteiger partial charge on any atom is 0.262 e. The summed E-state index contributed by atoms with van der Waals surface area (Å²) in [6, 6.07) is 6.65. The Hall–Kier alpha value is -1.89. The van der Waals surface area contributed by atoms with E-state index in [9.17, 15) is 9.59 Å². The van der Waals surface area contributed by atoms with Crippen molar-refractivity contribution in [3.63, 3.8) is 0 Å². The monoisotopic (exact) mass is 395 g/mol. The average molecular weight is 396 g/mol. The lowest BCUT2D eigenvalue weighted by molar-refractivity contribution is -0.121. The van der Waals surface area contributed by atoms with Crippen LogP contribution >= 0.6 is 34.5 Å². The van der Waals surface area contributed by atoms with E-state index >= 15 is 0 Å². The second-order valence-corrected chi connectivity index (χ2v) is 7.33. The second-order valence-electron chi connectivity index (χ2n) is 5.59. The number of benzene rings is 1. The van der Waals surface area contributed by atoms with E-state index in [1.54, 1.807) is 24.3 Å². The van der Waals surface area contributed by atoms with Gasteiger partial charge in [0.1, 0.15) is 4.83 Å². The number of aromatic nitrogens is 2. The molecule has 2 aromatic heterocycles. The summed E-state index contributed by atoms with van der Waals surface area (Å²) in [5.41, 5.74) is 0.658. The number of carbonyl (C=O) groups excluding carboxylic acids is 1. The van der Waals surface area contributed by atoms with Gasteiger partial charge in [0.25, 0.3) is 5.56 Å². The van der Waals surface area contributed by atoms with Crippen LogP contribution in [0, 0.1) is 0 Å². The minimum absolute atomic E-state index is 0.132. The molecule has 0 spiro atoms. The molecule has 130 valence electrons. The molecule has 0 unspecified atom stereocenters. The van der Waals surface area contributed by atoms with Crippen LogP contribution in [0.25, 0.3) is 10.2 Å². The van der Waals surface area contributed by atoms with Gasteiger partial charge in [0.15, 0.2) is 0 Å². The van der Waals surface area contributed by atoms with Crippen LogP contribution in [-0.2, 0) is 11.3 Å². The number of halogens is 2. The van der Waals surface area contributed by atoms with E-state index in [0.717, 1.165) is 5.56 Å². The van der Waals surface area contributed by atoms with Gasteiger partial charge in [0.2, 0.25) is 5.91 Å². The Morgan fingerprint density at radius 1 is 1.36 bits per heavy atom. The summed E-state index contributed by atoms with van der Waals surface area (Å²) in [6.45, 7) is 2.11. The van der Waals surface area contributed by atoms with Crippen LogP contribution in [0.4, 0.5) is 0 Å². The number of nitrogens with zero attached hydrogens (tertiary/aromatic N) is 2. The summed E-state index contributed by atoms with van der Waals surface area (Å²) in [5, 5.41) is 6.33. The van der Waals surface area contributed by atoms with Crippen LogP contribution < -0.4 is 10.9 Å². The molecule has 5 nitrogen and oxygen atoms in total. The molecule has 0 saturated heterocycles. The molecular formula is C17H15Cl2N3O2S. The number of hydrogen-bond donors (Lipinski definition) is 1. The van der Waals surface area contributed by atoms with Crippen molar-refractivity contribution in [1.82, 2.24) is 14.9 Å². The highest BCUT2D eigenvalue weighted by molar-refractivity contribution is 7.16. The summed E-state index contributed by atoms with van der Waals surface area (Å²) in [6.07, 6.45) is 1.65. The Kier molecular flexibility index (Phi) is 5.42. The SMILES string of the molecule is C[C@H](NC(=O)CCn1cnc2sccc2c1=O)c1ccc(Cl)cc1Cl. The Labute approximate surface area is 158 Å². The summed E-state index contributed by atoms with van der Waals surface area (Å²) in [5.74, 6) is -0.171. The van der Waals surface area contributed by atoms with Crippen molar-refractivity contribution in [1.29, 1.82) is 0 Å². The first-order chi connectivity index (χ1) is 12.0. The van der Waals surface area contributed by atoms with Crippen LogP contribution in [-0.4, -0.2) is 15.5 Å². The van der Waals surface area contributed by atoms with Crippen LogP contribution in [0.15, 0.2) is 40.8 Å². The van der Waals surface area contributed by atoms with Crippen molar-refractivity contribution in [2.45, 2.75) is 25.9 Å². The number of amides is 1. The van der Waals surface area contributed by atoms with Crippen LogP contribution in [0.2, 0.25) is 10.0 Å². The highest BCUT2D eigenvalue weighted by Gasteiger charge is 2.13. The van der Waals surface area contributed by atoms with Gasteiger partial charge in [-0.15, -0.1) is 11.3 Å². The topological polar surface area (TPSA) is 64.0 Å². The van der Waals surface area contributed by atoms with Gasteiger partial charge in [-0.3, -0.25) is 14.2 Å². The van der Waals surface area contributed by atoms with E-state index in [0.29, 0.717) is 20.3 Å².